The summed E-state index contributed by atoms with van der Waals surface area (Å²) in [6, 6.07) is 3.39. The third-order valence-corrected chi connectivity index (χ3v) is 4.24. The van der Waals surface area contributed by atoms with E-state index in [-0.39, 0.29) is 17.7 Å². The third-order valence-electron chi connectivity index (χ3n) is 4.24. The number of anilines is 2. The Hall–Kier alpha value is -2.74. The first-order chi connectivity index (χ1) is 11.7. The lowest BCUT2D eigenvalue weighted by atomic mass is 10.1. The number of pyridine rings is 1. The van der Waals surface area contributed by atoms with Crippen LogP contribution in [0, 0.1) is 5.92 Å². The van der Waals surface area contributed by atoms with E-state index in [1.54, 1.807) is 12.1 Å². The molecule has 4 rings (SSSR count). The number of aromatic amines is 1. The second kappa shape index (κ2) is 6.04. The Kier molecular flexibility index (Phi) is 3.73. The second-order valence-electron chi connectivity index (χ2n) is 6.11. The number of amides is 2. The van der Waals surface area contributed by atoms with Crippen molar-refractivity contribution < 1.29 is 9.59 Å². The molecule has 0 unspecified atom stereocenters. The summed E-state index contributed by atoms with van der Waals surface area (Å²) in [6.07, 6.45) is 4.26. The van der Waals surface area contributed by atoms with Gasteiger partial charge in [-0.2, -0.15) is 5.10 Å². The maximum atomic E-state index is 12.4. The number of hydrogen-bond donors (Lipinski definition) is 4. The molecule has 124 valence electrons. The predicted molar refractivity (Wildman–Crippen MR) is 87.5 cm³/mol. The van der Waals surface area contributed by atoms with Gasteiger partial charge < -0.3 is 16.0 Å². The fourth-order valence-electron chi connectivity index (χ4n) is 2.72. The van der Waals surface area contributed by atoms with E-state index in [9.17, 15) is 9.59 Å². The van der Waals surface area contributed by atoms with Crippen molar-refractivity contribution in [3.63, 3.8) is 0 Å². The molecule has 8 nitrogen and oxygen atoms in total. The second-order valence-corrected chi connectivity index (χ2v) is 6.11. The lowest BCUT2D eigenvalue weighted by Crippen LogP contribution is -2.25. The summed E-state index contributed by atoms with van der Waals surface area (Å²) in [5.74, 6) is 0.361. The number of rotatable bonds is 4. The molecule has 1 saturated carbocycles. The summed E-state index contributed by atoms with van der Waals surface area (Å²) in [4.78, 5) is 28.2. The van der Waals surface area contributed by atoms with Crippen molar-refractivity contribution in [1.29, 1.82) is 0 Å². The van der Waals surface area contributed by atoms with Crippen molar-refractivity contribution in [2.75, 3.05) is 17.2 Å². The maximum absolute atomic E-state index is 12.4. The van der Waals surface area contributed by atoms with Crippen molar-refractivity contribution in [2.45, 2.75) is 25.8 Å². The van der Waals surface area contributed by atoms with E-state index in [1.165, 1.54) is 6.20 Å². The summed E-state index contributed by atoms with van der Waals surface area (Å²) in [7, 11) is 0. The SMILES string of the molecule is O=C(Nc1ccc(NC(=O)C2CC2)nc1)c1n[nH]c2c1CNCC2. The number of carbonyl (C=O) groups is 2. The van der Waals surface area contributed by atoms with Crippen LogP contribution in [0.1, 0.15) is 34.6 Å². The maximum Gasteiger partial charge on any atom is 0.276 e. The van der Waals surface area contributed by atoms with Crippen LogP contribution in [0.4, 0.5) is 11.5 Å². The van der Waals surface area contributed by atoms with Crippen LogP contribution < -0.4 is 16.0 Å². The van der Waals surface area contributed by atoms with Crippen LogP contribution in [0.25, 0.3) is 0 Å². The van der Waals surface area contributed by atoms with Gasteiger partial charge in [-0.15, -0.1) is 0 Å². The molecule has 24 heavy (non-hydrogen) atoms. The molecule has 0 spiro atoms. The van der Waals surface area contributed by atoms with Crippen LogP contribution >= 0.6 is 0 Å². The molecule has 3 heterocycles. The zero-order valence-corrected chi connectivity index (χ0v) is 13.1. The molecule has 1 aliphatic carbocycles. The van der Waals surface area contributed by atoms with Crippen molar-refractivity contribution in [1.82, 2.24) is 20.5 Å². The van der Waals surface area contributed by atoms with E-state index >= 15 is 0 Å². The smallest absolute Gasteiger partial charge is 0.276 e. The van der Waals surface area contributed by atoms with Gasteiger partial charge in [0.15, 0.2) is 5.69 Å². The van der Waals surface area contributed by atoms with Gasteiger partial charge in [-0.1, -0.05) is 0 Å². The van der Waals surface area contributed by atoms with Crippen LogP contribution in [-0.2, 0) is 17.8 Å². The minimum Gasteiger partial charge on any atom is -0.319 e. The highest BCUT2D eigenvalue weighted by Gasteiger charge is 2.29. The molecule has 0 saturated heterocycles. The molecule has 0 radical (unpaired) electrons. The Balaban J connectivity index is 1.42. The van der Waals surface area contributed by atoms with Gasteiger partial charge in [-0.25, -0.2) is 4.98 Å². The number of nitrogens with zero attached hydrogens (tertiary/aromatic N) is 2. The number of aromatic nitrogens is 3. The molecule has 0 bridgehead atoms. The molecule has 1 fully saturated rings. The monoisotopic (exact) mass is 326 g/mol. The average Bonchev–Trinajstić information content (AvgIpc) is 3.36. The molecule has 1 aliphatic heterocycles. The predicted octanol–water partition coefficient (Wildman–Crippen LogP) is 1.05. The first kappa shape index (κ1) is 14.8. The van der Waals surface area contributed by atoms with Gasteiger partial charge in [0.05, 0.1) is 11.9 Å². The highest BCUT2D eigenvalue weighted by Crippen LogP contribution is 2.30. The van der Waals surface area contributed by atoms with Gasteiger partial charge >= 0.3 is 0 Å². The Labute approximate surface area is 138 Å². The van der Waals surface area contributed by atoms with Gasteiger partial charge in [0.2, 0.25) is 5.91 Å². The van der Waals surface area contributed by atoms with Crippen LogP contribution in [0.15, 0.2) is 18.3 Å². The van der Waals surface area contributed by atoms with E-state index < -0.39 is 0 Å². The minimum atomic E-state index is -0.271. The highest BCUT2D eigenvalue weighted by molar-refractivity contribution is 6.04. The highest BCUT2D eigenvalue weighted by atomic mass is 16.2. The lowest BCUT2D eigenvalue weighted by molar-refractivity contribution is -0.117. The fraction of sp³-hybridized carbons (Fsp3) is 0.375. The minimum absolute atomic E-state index is 0.00920. The average molecular weight is 326 g/mol. The van der Waals surface area contributed by atoms with E-state index in [1.807, 2.05) is 0 Å². The number of nitrogens with one attached hydrogen (secondary N) is 4. The first-order valence-electron chi connectivity index (χ1n) is 8.06. The van der Waals surface area contributed by atoms with Crippen molar-refractivity contribution >= 4 is 23.3 Å². The fourth-order valence-corrected chi connectivity index (χ4v) is 2.72. The molecular weight excluding hydrogens is 308 g/mol. The Bertz CT molecular complexity index is 778. The first-order valence-corrected chi connectivity index (χ1v) is 8.06. The number of carbonyl (C=O) groups excluding carboxylic acids is 2. The third kappa shape index (κ3) is 3.00. The Morgan fingerprint density at radius 2 is 2.08 bits per heavy atom. The van der Waals surface area contributed by atoms with Crippen LogP contribution in [0.2, 0.25) is 0 Å². The van der Waals surface area contributed by atoms with Gasteiger partial charge in [-0.3, -0.25) is 14.7 Å². The Morgan fingerprint density at radius 3 is 2.83 bits per heavy atom. The van der Waals surface area contributed by atoms with E-state index in [0.717, 1.165) is 37.1 Å². The summed E-state index contributed by atoms with van der Waals surface area (Å²) < 4.78 is 0. The summed E-state index contributed by atoms with van der Waals surface area (Å²) in [6.45, 7) is 1.52. The largest absolute Gasteiger partial charge is 0.319 e. The Morgan fingerprint density at radius 1 is 1.21 bits per heavy atom. The van der Waals surface area contributed by atoms with Gasteiger partial charge in [-0.05, 0) is 25.0 Å². The molecule has 2 aromatic rings. The van der Waals surface area contributed by atoms with Crippen LogP contribution in [0.5, 0.6) is 0 Å². The summed E-state index contributed by atoms with van der Waals surface area (Å²) >= 11 is 0. The van der Waals surface area contributed by atoms with E-state index in [4.69, 9.17) is 0 Å². The number of fused-ring (bicyclic) bond motifs is 1. The molecular formula is C16H18N6O2. The lowest BCUT2D eigenvalue weighted by Gasteiger charge is -2.12. The molecule has 2 aliphatic rings. The number of hydrogen-bond acceptors (Lipinski definition) is 5. The molecule has 8 heteroatoms. The van der Waals surface area contributed by atoms with Gasteiger partial charge in [0.25, 0.3) is 5.91 Å². The van der Waals surface area contributed by atoms with Crippen LogP contribution in [-0.4, -0.2) is 33.5 Å². The van der Waals surface area contributed by atoms with Crippen molar-refractivity contribution in [3.8, 4) is 0 Å². The van der Waals surface area contributed by atoms with Crippen LogP contribution in [0.3, 0.4) is 0 Å². The molecule has 4 N–H and O–H groups in total. The number of H-pyrrole nitrogens is 1. The molecule has 0 aromatic carbocycles. The van der Waals surface area contributed by atoms with E-state index in [0.29, 0.717) is 23.7 Å². The quantitative estimate of drug-likeness (QED) is 0.671. The summed E-state index contributed by atoms with van der Waals surface area (Å²) in [5, 5.41) is 15.8. The van der Waals surface area contributed by atoms with Gasteiger partial charge in [0, 0.05) is 36.7 Å². The molecule has 2 aromatic heterocycles. The zero-order valence-electron chi connectivity index (χ0n) is 13.1. The topological polar surface area (TPSA) is 112 Å². The van der Waals surface area contributed by atoms with E-state index in [2.05, 4.69) is 31.1 Å². The normalized spacial score (nSPS) is 16.3. The molecule has 2 amide bonds. The van der Waals surface area contributed by atoms with Crippen molar-refractivity contribution in [3.05, 3.63) is 35.3 Å². The molecule has 0 atom stereocenters. The summed E-state index contributed by atoms with van der Waals surface area (Å²) in [5.41, 5.74) is 2.89. The zero-order chi connectivity index (χ0) is 16.5. The van der Waals surface area contributed by atoms with Crippen molar-refractivity contribution in [2.24, 2.45) is 5.92 Å². The standard InChI is InChI=1S/C16H18N6O2/c23-15(9-1-2-9)20-13-4-3-10(7-18-13)19-16(24)14-11-8-17-6-5-12(11)21-22-14/h3-4,7,9,17H,1-2,5-6,8H2,(H,19,24)(H,21,22)(H,18,20,23). The van der Waals surface area contributed by atoms with Gasteiger partial charge in [0.1, 0.15) is 5.82 Å².